The topological polar surface area (TPSA) is 62.5 Å². The highest BCUT2D eigenvalue weighted by atomic mass is 32.1. The summed E-state index contributed by atoms with van der Waals surface area (Å²) >= 11 is 1.46. The van der Waals surface area contributed by atoms with Crippen molar-refractivity contribution in [2.75, 3.05) is 26.2 Å². The number of thiazole rings is 1. The molecule has 2 rings (SSSR count). The molecule has 2 heterocycles. The Balaban J connectivity index is 1.98. The molecule has 0 spiro atoms. The maximum absolute atomic E-state index is 12.4. The summed E-state index contributed by atoms with van der Waals surface area (Å²) in [7, 11) is 0. The molecule has 6 heteroatoms. The third-order valence-corrected chi connectivity index (χ3v) is 4.69. The summed E-state index contributed by atoms with van der Waals surface area (Å²) in [5, 5.41) is 2.64. The Hall–Kier alpha value is -0.980. The maximum Gasteiger partial charge on any atom is 0.273 e. The van der Waals surface area contributed by atoms with Crippen molar-refractivity contribution in [3.05, 3.63) is 16.1 Å². The van der Waals surface area contributed by atoms with Crippen LogP contribution in [0, 0.1) is 0 Å². The number of carbonyl (C=O) groups excluding carboxylic acids is 1. The van der Waals surface area contributed by atoms with Gasteiger partial charge in [-0.3, -0.25) is 9.69 Å². The van der Waals surface area contributed by atoms with Crippen LogP contribution < -0.4 is 5.73 Å². The van der Waals surface area contributed by atoms with Crippen LogP contribution in [0.25, 0.3) is 0 Å². The van der Waals surface area contributed by atoms with E-state index >= 15 is 0 Å². The second kappa shape index (κ2) is 5.79. The molecule has 0 aromatic carbocycles. The molecular formula is C14H24N4OS. The van der Waals surface area contributed by atoms with Gasteiger partial charge in [0.15, 0.2) is 0 Å². The Morgan fingerprint density at radius 1 is 1.35 bits per heavy atom. The predicted octanol–water partition coefficient (Wildman–Crippen LogP) is 1.72. The molecule has 1 atom stereocenters. The molecular weight excluding hydrogens is 272 g/mol. The van der Waals surface area contributed by atoms with E-state index in [-0.39, 0.29) is 17.5 Å². The summed E-state index contributed by atoms with van der Waals surface area (Å²) in [5.41, 5.74) is 6.49. The SMILES string of the molecule is CC(N)c1nc(C(=O)N2CCN(C(C)(C)C)CC2)cs1. The summed E-state index contributed by atoms with van der Waals surface area (Å²) < 4.78 is 0. The monoisotopic (exact) mass is 296 g/mol. The highest BCUT2D eigenvalue weighted by Gasteiger charge is 2.29. The molecule has 0 saturated carbocycles. The van der Waals surface area contributed by atoms with Crippen LogP contribution in [-0.2, 0) is 0 Å². The first-order valence-electron chi connectivity index (χ1n) is 7.04. The molecule has 1 aliphatic heterocycles. The molecule has 0 bridgehead atoms. The molecule has 1 amide bonds. The van der Waals surface area contributed by atoms with Gasteiger partial charge in [-0.15, -0.1) is 11.3 Å². The fourth-order valence-corrected chi connectivity index (χ4v) is 3.09. The zero-order valence-electron chi connectivity index (χ0n) is 12.7. The summed E-state index contributed by atoms with van der Waals surface area (Å²) in [6, 6.07) is -0.112. The van der Waals surface area contributed by atoms with Gasteiger partial charge in [0.1, 0.15) is 10.7 Å². The number of nitrogens with two attached hydrogens (primary N) is 1. The van der Waals surface area contributed by atoms with Gasteiger partial charge in [0.25, 0.3) is 5.91 Å². The van der Waals surface area contributed by atoms with E-state index in [1.54, 1.807) is 0 Å². The lowest BCUT2D eigenvalue weighted by Crippen LogP contribution is -2.54. The van der Waals surface area contributed by atoms with Gasteiger partial charge in [-0.2, -0.15) is 0 Å². The van der Waals surface area contributed by atoms with Crippen LogP contribution in [0.15, 0.2) is 5.38 Å². The van der Waals surface area contributed by atoms with Crippen molar-refractivity contribution in [2.24, 2.45) is 5.73 Å². The van der Waals surface area contributed by atoms with E-state index in [1.807, 2.05) is 17.2 Å². The van der Waals surface area contributed by atoms with Gasteiger partial charge in [-0.25, -0.2) is 4.98 Å². The Kier molecular flexibility index (Phi) is 4.46. The molecule has 1 aliphatic rings. The average Bonchev–Trinajstić information content (AvgIpc) is 2.86. The van der Waals surface area contributed by atoms with E-state index in [9.17, 15) is 4.79 Å². The van der Waals surface area contributed by atoms with E-state index in [4.69, 9.17) is 5.73 Å². The lowest BCUT2D eigenvalue weighted by molar-refractivity contribution is 0.0447. The Bertz CT molecular complexity index is 470. The summed E-state index contributed by atoms with van der Waals surface area (Å²) in [5.74, 6) is 0.0294. The summed E-state index contributed by atoms with van der Waals surface area (Å²) in [6.07, 6.45) is 0. The van der Waals surface area contributed by atoms with E-state index in [0.717, 1.165) is 31.2 Å². The fourth-order valence-electron chi connectivity index (χ4n) is 2.34. The quantitative estimate of drug-likeness (QED) is 0.902. The van der Waals surface area contributed by atoms with E-state index in [0.29, 0.717) is 5.69 Å². The Morgan fingerprint density at radius 3 is 2.40 bits per heavy atom. The summed E-state index contributed by atoms with van der Waals surface area (Å²) in [6.45, 7) is 11.9. The number of aromatic nitrogens is 1. The third-order valence-electron chi connectivity index (χ3n) is 3.65. The minimum Gasteiger partial charge on any atom is -0.335 e. The van der Waals surface area contributed by atoms with Gasteiger partial charge < -0.3 is 10.6 Å². The van der Waals surface area contributed by atoms with Crippen LogP contribution in [-0.4, -0.2) is 52.4 Å². The largest absolute Gasteiger partial charge is 0.335 e. The van der Waals surface area contributed by atoms with Crippen molar-refractivity contribution in [1.29, 1.82) is 0 Å². The highest BCUT2D eigenvalue weighted by Crippen LogP contribution is 2.19. The Morgan fingerprint density at radius 2 is 1.95 bits per heavy atom. The molecule has 1 unspecified atom stereocenters. The van der Waals surface area contributed by atoms with Crippen LogP contribution in [0.1, 0.15) is 49.2 Å². The lowest BCUT2D eigenvalue weighted by atomic mass is 10.0. The molecule has 1 aromatic rings. The minimum atomic E-state index is -0.112. The van der Waals surface area contributed by atoms with E-state index < -0.39 is 0 Å². The number of rotatable bonds is 2. The first-order valence-corrected chi connectivity index (χ1v) is 7.92. The number of hydrogen-bond acceptors (Lipinski definition) is 5. The first-order chi connectivity index (χ1) is 9.29. The molecule has 0 aliphatic carbocycles. The van der Waals surface area contributed by atoms with Gasteiger partial charge in [-0.05, 0) is 27.7 Å². The second-order valence-corrected chi connectivity index (χ2v) is 7.20. The lowest BCUT2D eigenvalue weighted by Gasteiger charge is -2.42. The minimum absolute atomic E-state index is 0.0294. The molecule has 1 fully saturated rings. The maximum atomic E-state index is 12.4. The number of nitrogens with zero attached hydrogens (tertiary/aromatic N) is 3. The van der Waals surface area contributed by atoms with Crippen LogP contribution in [0.3, 0.4) is 0 Å². The summed E-state index contributed by atoms with van der Waals surface area (Å²) in [4.78, 5) is 21.0. The molecule has 112 valence electrons. The number of carbonyl (C=O) groups is 1. The Labute approximate surface area is 124 Å². The molecule has 1 saturated heterocycles. The molecule has 0 radical (unpaired) electrons. The standard InChI is InChI=1S/C14H24N4OS/c1-10(15)12-16-11(9-20-12)13(19)17-5-7-18(8-6-17)14(2,3)4/h9-10H,5-8,15H2,1-4H3. The molecule has 2 N–H and O–H groups in total. The zero-order chi connectivity index (χ0) is 14.9. The van der Waals surface area contributed by atoms with Gasteiger partial charge in [0.05, 0.1) is 6.04 Å². The first kappa shape index (κ1) is 15.4. The number of amides is 1. The van der Waals surface area contributed by atoms with Crippen LogP contribution in [0.4, 0.5) is 0 Å². The van der Waals surface area contributed by atoms with Crippen molar-refractivity contribution in [1.82, 2.24) is 14.8 Å². The van der Waals surface area contributed by atoms with Gasteiger partial charge in [0, 0.05) is 37.1 Å². The molecule has 1 aromatic heterocycles. The van der Waals surface area contributed by atoms with E-state index in [2.05, 4.69) is 30.7 Å². The average molecular weight is 296 g/mol. The van der Waals surface area contributed by atoms with Crippen molar-refractivity contribution in [2.45, 2.75) is 39.3 Å². The van der Waals surface area contributed by atoms with Crippen molar-refractivity contribution in [3.63, 3.8) is 0 Å². The molecule has 5 nitrogen and oxygen atoms in total. The fraction of sp³-hybridized carbons (Fsp3) is 0.714. The van der Waals surface area contributed by atoms with Gasteiger partial charge in [-0.1, -0.05) is 0 Å². The van der Waals surface area contributed by atoms with Gasteiger partial charge >= 0.3 is 0 Å². The third kappa shape index (κ3) is 3.37. The van der Waals surface area contributed by atoms with Gasteiger partial charge in [0.2, 0.25) is 0 Å². The van der Waals surface area contributed by atoms with Crippen molar-refractivity contribution < 1.29 is 4.79 Å². The highest BCUT2D eigenvalue weighted by molar-refractivity contribution is 7.09. The van der Waals surface area contributed by atoms with Crippen LogP contribution in [0.5, 0.6) is 0 Å². The van der Waals surface area contributed by atoms with Crippen molar-refractivity contribution >= 4 is 17.2 Å². The predicted molar refractivity (Wildman–Crippen MR) is 81.9 cm³/mol. The van der Waals surface area contributed by atoms with Crippen LogP contribution in [0.2, 0.25) is 0 Å². The zero-order valence-corrected chi connectivity index (χ0v) is 13.5. The number of hydrogen-bond donors (Lipinski definition) is 1. The normalized spacial score (nSPS) is 19.1. The van der Waals surface area contributed by atoms with Crippen LogP contribution >= 0.6 is 11.3 Å². The van der Waals surface area contributed by atoms with E-state index in [1.165, 1.54) is 11.3 Å². The number of piperazine rings is 1. The van der Waals surface area contributed by atoms with Crippen molar-refractivity contribution in [3.8, 4) is 0 Å². The molecule has 20 heavy (non-hydrogen) atoms. The second-order valence-electron chi connectivity index (χ2n) is 6.31. The smallest absolute Gasteiger partial charge is 0.273 e.